The minimum Gasteiger partial charge on any atom is -0.359 e. The quantitative estimate of drug-likeness (QED) is 0.632. The number of likely N-dealkylation sites (N-methyl/N-ethyl adjacent to an activating group) is 1. The van der Waals surface area contributed by atoms with E-state index in [-0.39, 0.29) is 12.1 Å². The van der Waals surface area contributed by atoms with E-state index in [2.05, 4.69) is 39.1 Å². The number of fused-ring (bicyclic) bond motifs is 1. The summed E-state index contributed by atoms with van der Waals surface area (Å²) in [7, 11) is 1.97. The second-order valence-electron chi connectivity index (χ2n) is 8.49. The van der Waals surface area contributed by atoms with Gasteiger partial charge in [-0.3, -0.25) is 5.10 Å². The summed E-state index contributed by atoms with van der Waals surface area (Å²) in [5, 5.41) is 7.38. The minimum absolute atomic E-state index is 0.108. The fourth-order valence-corrected chi connectivity index (χ4v) is 5.21. The summed E-state index contributed by atoms with van der Waals surface area (Å²) in [6.45, 7) is 2.16. The molecule has 160 valence electrons. The number of benzene rings is 1. The minimum atomic E-state index is -0.195. The van der Waals surface area contributed by atoms with Gasteiger partial charge in [0, 0.05) is 18.7 Å². The molecule has 1 saturated carbocycles. The molecule has 31 heavy (non-hydrogen) atoms. The highest BCUT2D eigenvalue weighted by Gasteiger charge is 2.41. The number of H-pyrrole nitrogens is 1. The normalized spacial score (nSPS) is 21.4. The molecule has 1 fully saturated rings. The number of rotatable bonds is 5. The molecule has 0 spiro atoms. The van der Waals surface area contributed by atoms with Gasteiger partial charge in [0.15, 0.2) is 11.6 Å². The summed E-state index contributed by atoms with van der Waals surface area (Å²) >= 11 is 0. The molecular formula is C24H28N6O. The second-order valence-corrected chi connectivity index (χ2v) is 8.49. The van der Waals surface area contributed by atoms with Crippen LogP contribution in [0.4, 0.5) is 11.5 Å². The molecule has 2 aromatic heterocycles. The van der Waals surface area contributed by atoms with E-state index in [0.29, 0.717) is 11.9 Å². The molecule has 7 nitrogen and oxygen atoms in total. The molecule has 3 heterocycles. The van der Waals surface area contributed by atoms with Crippen molar-refractivity contribution in [2.45, 2.75) is 57.2 Å². The first kappa shape index (κ1) is 19.7. The Morgan fingerprint density at radius 1 is 1.16 bits per heavy atom. The molecule has 5 rings (SSSR count). The third-order valence-corrected chi connectivity index (χ3v) is 6.80. The van der Waals surface area contributed by atoms with Gasteiger partial charge in [-0.15, -0.1) is 0 Å². The number of hydrogen-bond donors (Lipinski definition) is 1. The van der Waals surface area contributed by atoms with Crippen LogP contribution in [-0.4, -0.2) is 51.6 Å². The van der Waals surface area contributed by atoms with E-state index in [0.717, 1.165) is 53.9 Å². The van der Waals surface area contributed by atoms with Crippen molar-refractivity contribution in [1.29, 1.82) is 0 Å². The highest BCUT2D eigenvalue weighted by molar-refractivity contribution is 5.82. The van der Waals surface area contributed by atoms with Crippen LogP contribution >= 0.6 is 0 Å². The largest absolute Gasteiger partial charge is 0.359 e. The SMILES string of the molecule is CCC1C(C=O)N(C)c2cnc(-c3[nH]ncc3-c3ccccc3)nc2N1C1CCCC1. The van der Waals surface area contributed by atoms with E-state index >= 15 is 0 Å². The summed E-state index contributed by atoms with van der Waals surface area (Å²) < 4.78 is 0. The molecular weight excluding hydrogens is 388 g/mol. The monoisotopic (exact) mass is 416 g/mol. The van der Waals surface area contributed by atoms with Crippen LogP contribution in [0.25, 0.3) is 22.6 Å². The average Bonchev–Trinajstić information content (AvgIpc) is 3.51. The molecule has 1 aliphatic heterocycles. The molecule has 2 atom stereocenters. The van der Waals surface area contributed by atoms with Crippen molar-refractivity contribution < 1.29 is 4.79 Å². The van der Waals surface area contributed by atoms with Crippen molar-refractivity contribution in [3.8, 4) is 22.6 Å². The van der Waals surface area contributed by atoms with Crippen molar-refractivity contribution in [3.63, 3.8) is 0 Å². The first-order chi connectivity index (χ1) is 15.2. The van der Waals surface area contributed by atoms with E-state index in [4.69, 9.17) is 4.98 Å². The zero-order valence-corrected chi connectivity index (χ0v) is 18.0. The Morgan fingerprint density at radius 3 is 2.65 bits per heavy atom. The van der Waals surface area contributed by atoms with E-state index in [9.17, 15) is 4.79 Å². The summed E-state index contributed by atoms with van der Waals surface area (Å²) in [5.41, 5.74) is 3.78. The second kappa shape index (κ2) is 8.13. The summed E-state index contributed by atoms with van der Waals surface area (Å²) in [6.07, 6.45) is 10.4. The lowest BCUT2D eigenvalue weighted by molar-refractivity contribution is -0.109. The fraction of sp³-hybridized carbons (Fsp3) is 0.417. The Morgan fingerprint density at radius 2 is 1.94 bits per heavy atom. The molecule has 1 aliphatic carbocycles. The summed E-state index contributed by atoms with van der Waals surface area (Å²) in [4.78, 5) is 26.3. The Hall–Kier alpha value is -3.22. The third-order valence-electron chi connectivity index (χ3n) is 6.80. The number of anilines is 2. The smallest absolute Gasteiger partial charge is 0.180 e. The first-order valence-electron chi connectivity index (χ1n) is 11.2. The molecule has 7 heteroatoms. The van der Waals surface area contributed by atoms with Gasteiger partial charge in [-0.2, -0.15) is 5.10 Å². The highest BCUT2D eigenvalue weighted by Crippen LogP contribution is 2.42. The molecule has 0 saturated heterocycles. The van der Waals surface area contributed by atoms with Crippen molar-refractivity contribution in [3.05, 3.63) is 42.7 Å². The lowest BCUT2D eigenvalue weighted by Crippen LogP contribution is -2.58. The van der Waals surface area contributed by atoms with Crippen molar-refractivity contribution in [2.24, 2.45) is 0 Å². The van der Waals surface area contributed by atoms with Crippen LogP contribution in [0.2, 0.25) is 0 Å². The molecule has 0 bridgehead atoms. The first-order valence-corrected chi connectivity index (χ1v) is 11.2. The molecule has 1 aromatic carbocycles. The van der Waals surface area contributed by atoms with Gasteiger partial charge < -0.3 is 14.6 Å². The number of carbonyl (C=O) groups is 1. The number of carbonyl (C=O) groups excluding carboxylic acids is 1. The Kier molecular flexibility index (Phi) is 5.18. The van der Waals surface area contributed by atoms with E-state index in [1.54, 1.807) is 0 Å². The maximum absolute atomic E-state index is 12.0. The van der Waals surface area contributed by atoms with Gasteiger partial charge in [0.05, 0.1) is 24.1 Å². The van der Waals surface area contributed by atoms with Crippen LogP contribution in [0.15, 0.2) is 42.7 Å². The summed E-state index contributed by atoms with van der Waals surface area (Å²) in [6, 6.07) is 10.5. The van der Waals surface area contributed by atoms with Crippen LogP contribution in [-0.2, 0) is 4.79 Å². The molecule has 2 aliphatic rings. The third kappa shape index (κ3) is 3.28. The van der Waals surface area contributed by atoms with Crippen molar-refractivity contribution in [2.75, 3.05) is 16.8 Å². The van der Waals surface area contributed by atoms with Crippen LogP contribution in [0, 0.1) is 0 Å². The molecule has 3 aromatic rings. The van der Waals surface area contributed by atoms with Crippen LogP contribution in [0.3, 0.4) is 0 Å². The van der Waals surface area contributed by atoms with Crippen LogP contribution < -0.4 is 9.80 Å². The summed E-state index contributed by atoms with van der Waals surface area (Å²) in [5.74, 6) is 1.56. The average molecular weight is 417 g/mol. The van der Waals surface area contributed by atoms with Gasteiger partial charge in [0.2, 0.25) is 0 Å². The number of nitrogens with zero attached hydrogens (tertiary/aromatic N) is 5. The number of hydrogen-bond acceptors (Lipinski definition) is 6. The molecule has 0 radical (unpaired) electrons. The van der Waals surface area contributed by atoms with E-state index in [1.165, 1.54) is 12.8 Å². The van der Waals surface area contributed by atoms with Crippen LogP contribution in [0.1, 0.15) is 39.0 Å². The van der Waals surface area contributed by atoms with E-state index in [1.807, 2.05) is 42.5 Å². The maximum Gasteiger partial charge on any atom is 0.180 e. The topological polar surface area (TPSA) is 78.0 Å². The Labute approximate surface area is 182 Å². The molecule has 1 N–H and O–H groups in total. The zero-order chi connectivity index (χ0) is 21.4. The number of nitrogens with one attached hydrogen (secondary N) is 1. The standard InChI is InChI=1S/C24H28N6O/c1-3-19-21(15-31)29(2)20-14-25-23(27-24(20)30(19)17-11-7-8-12-17)22-18(13-26-28-22)16-9-5-4-6-10-16/h4-6,9-10,13-15,17,19,21H,3,7-8,11-12H2,1-2H3,(H,26,28). The van der Waals surface area contributed by atoms with Crippen molar-refractivity contribution >= 4 is 17.8 Å². The van der Waals surface area contributed by atoms with Gasteiger partial charge >= 0.3 is 0 Å². The van der Waals surface area contributed by atoms with Gasteiger partial charge in [0.25, 0.3) is 0 Å². The predicted octanol–water partition coefficient (Wildman–Crippen LogP) is 4.08. The molecule has 2 unspecified atom stereocenters. The lowest BCUT2D eigenvalue weighted by atomic mass is 9.96. The fourth-order valence-electron chi connectivity index (χ4n) is 5.21. The van der Waals surface area contributed by atoms with Crippen molar-refractivity contribution in [1.82, 2.24) is 20.2 Å². The lowest BCUT2D eigenvalue weighted by Gasteiger charge is -2.48. The van der Waals surface area contributed by atoms with E-state index < -0.39 is 0 Å². The number of aldehydes is 1. The van der Waals surface area contributed by atoms with Gasteiger partial charge in [0.1, 0.15) is 18.0 Å². The maximum atomic E-state index is 12.0. The number of aromatic amines is 1. The van der Waals surface area contributed by atoms with Gasteiger partial charge in [-0.05, 0) is 24.8 Å². The predicted molar refractivity (Wildman–Crippen MR) is 122 cm³/mol. The van der Waals surface area contributed by atoms with Gasteiger partial charge in [-0.1, -0.05) is 50.1 Å². The Balaban J connectivity index is 1.63. The Bertz CT molecular complexity index is 1060. The zero-order valence-electron chi connectivity index (χ0n) is 18.0. The highest BCUT2D eigenvalue weighted by atomic mass is 16.1. The molecule has 0 amide bonds. The number of aromatic nitrogens is 4. The van der Waals surface area contributed by atoms with Gasteiger partial charge in [-0.25, -0.2) is 9.97 Å². The van der Waals surface area contributed by atoms with Crippen LogP contribution in [0.5, 0.6) is 0 Å².